The van der Waals surface area contributed by atoms with Crippen LogP contribution in [0.15, 0.2) is 11.3 Å². The number of carbonyl (C=O) groups is 2. The molecule has 1 fully saturated rings. The largest absolute Gasteiger partial charge is 0.463 e. The van der Waals surface area contributed by atoms with E-state index in [9.17, 15) is 19.8 Å². The first-order valence-corrected chi connectivity index (χ1v) is 6.98. The van der Waals surface area contributed by atoms with Crippen LogP contribution in [0.5, 0.6) is 0 Å². The molecular formula is C13H20N2O7. The molecule has 0 bridgehead atoms. The fraction of sp³-hybridized carbons (Fsp3) is 0.692. The van der Waals surface area contributed by atoms with E-state index in [0.29, 0.717) is 0 Å². The number of rotatable bonds is 4. The first kappa shape index (κ1) is 16.7. The maximum absolute atomic E-state index is 12.1. The van der Waals surface area contributed by atoms with Gasteiger partial charge in [-0.05, 0) is 13.8 Å². The molecule has 2 heterocycles. The molecular weight excluding hydrogens is 296 g/mol. The molecule has 0 saturated carbocycles. The van der Waals surface area contributed by atoms with Crippen LogP contribution in [0.1, 0.15) is 13.8 Å². The number of carbonyl (C=O) groups excluding carboxylic acids is 2. The lowest BCUT2D eigenvalue weighted by Gasteiger charge is -2.32. The predicted molar refractivity (Wildman–Crippen MR) is 72.5 cm³/mol. The zero-order valence-electron chi connectivity index (χ0n) is 12.3. The third-order valence-electron chi connectivity index (χ3n) is 3.71. The Balaban J connectivity index is 2.32. The monoisotopic (exact) mass is 316 g/mol. The van der Waals surface area contributed by atoms with E-state index in [1.165, 1.54) is 6.92 Å². The van der Waals surface area contributed by atoms with Crippen LogP contribution in [-0.2, 0) is 14.3 Å². The normalized spacial score (nSPS) is 35.1. The fourth-order valence-corrected chi connectivity index (χ4v) is 2.66. The molecule has 0 aromatic heterocycles. The predicted octanol–water partition coefficient (Wildman–Crippen LogP) is -2.01. The average Bonchev–Trinajstić information content (AvgIpc) is 2.74. The van der Waals surface area contributed by atoms with Gasteiger partial charge in [0.2, 0.25) is 0 Å². The van der Waals surface area contributed by atoms with Crippen molar-refractivity contribution in [2.75, 3.05) is 13.2 Å². The molecule has 0 spiro atoms. The van der Waals surface area contributed by atoms with Crippen LogP contribution in [-0.4, -0.2) is 71.0 Å². The molecule has 2 aliphatic heterocycles. The molecule has 9 nitrogen and oxygen atoms in total. The van der Waals surface area contributed by atoms with Crippen molar-refractivity contribution in [3.05, 3.63) is 11.3 Å². The first-order chi connectivity index (χ1) is 10.4. The van der Waals surface area contributed by atoms with Crippen molar-refractivity contribution >= 4 is 12.0 Å². The van der Waals surface area contributed by atoms with Gasteiger partial charge >= 0.3 is 12.0 Å². The number of ether oxygens (including phenoxy) is 2. The number of allylic oxidation sites excluding steroid dienone is 1. The molecule has 0 radical (unpaired) electrons. The number of hydrogen-bond acceptors (Lipinski definition) is 7. The van der Waals surface area contributed by atoms with Gasteiger partial charge in [-0.3, -0.25) is 0 Å². The molecule has 0 aromatic carbocycles. The van der Waals surface area contributed by atoms with Gasteiger partial charge in [0, 0.05) is 5.70 Å². The van der Waals surface area contributed by atoms with Crippen molar-refractivity contribution in [2.45, 2.75) is 44.3 Å². The highest BCUT2D eigenvalue weighted by atomic mass is 16.6. The topological polar surface area (TPSA) is 137 Å². The molecule has 0 aliphatic carbocycles. The molecule has 2 aliphatic rings. The lowest BCUT2D eigenvalue weighted by Crippen LogP contribution is -2.57. The number of hydrogen-bond donors (Lipinski definition) is 5. The Hall–Kier alpha value is -1.68. The molecule has 124 valence electrons. The van der Waals surface area contributed by atoms with Gasteiger partial charge in [0.1, 0.15) is 24.4 Å². The van der Waals surface area contributed by atoms with E-state index in [2.05, 4.69) is 10.6 Å². The van der Waals surface area contributed by atoms with Crippen molar-refractivity contribution in [2.24, 2.45) is 0 Å². The highest BCUT2D eigenvalue weighted by Gasteiger charge is 2.49. The van der Waals surface area contributed by atoms with E-state index in [1.54, 1.807) is 6.92 Å². The average molecular weight is 316 g/mol. The number of urea groups is 1. The molecule has 9 heteroatoms. The van der Waals surface area contributed by atoms with Gasteiger partial charge in [0.25, 0.3) is 0 Å². The quantitative estimate of drug-likeness (QED) is 0.378. The van der Waals surface area contributed by atoms with E-state index >= 15 is 0 Å². The van der Waals surface area contributed by atoms with Crippen LogP contribution in [0.25, 0.3) is 0 Å². The van der Waals surface area contributed by atoms with Gasteiger partial charge in [0.05, 0.1) is 24.8 Å². The Kier molecular flexibility index (Phi) is 5.01. The lowest BCUT2D eigenvalue weighted by atomic mass is 9.93. The number of esters is 1. The van der Waals surface area contributed by atoms with Gasteiger partial charge in [-0.1, -0.05) is 0 Å². The molecule has 5 atom stereocenters. The summed E-state index contributed by atoms with van der Waals surface area (Å²) in [6.07, 6.45) is -4.74. The molecule has 0 aromatic rings. The van der Waals surface area contributed by atoms with Gasteiger partial charge in [0.15, 0.2) is 0 Å². The van der Waals surface area contributed by atoms with Crippen LogP contribution in [0.2, 0.25) is 0 Å². The highest BCUT2D eigenvalue weighted by Crippen LogP contribution is 2.29. The summed E-state index contributed by atoms with van der Waals surface area (Å²) in [5.74, 6) is -0.657. The van der Waals surface area contributed by atoms with E-state index in [0.717, 1.165) is 0 Å². The Bertz CT molecular complexity index is 493. The van der Waals surface area contributed by atoms with Crippen LogP contribution in [0.4, 0.5) is 4.79 Å². The maximum Gasteiger partial charge on any atom is 0.337 e. The van der Waals surface area contributed by atoms with Crippen LogP contribution >= 0.6 is 0 Å². The minimum atomic E-state index is -1.36. The summed E-state index contributed by atoms with van der Waals surface area (Å²) < 4.78 is 10.4. The summed E-state index contributed by atoms with van der Waals surface area (Å²) in [5, 5.41) is 34.0. The van der Waals surface area contributed by atoms with Crippen molar-refractivity contribution in [3.8, 4) is 0 Å². The van der Waals surface area contributed by atoms with Gasteiger partial charge < -0.3 is 35.4 Å². The molecule has 1 saturated heterocycles. The SMILES string of the molecule is CCOC(=O)C1=C(C)NC(=O)NC1[C@@H]1O[C@H](CO)[C@@H](O)[C@H]1O. The fourth-order valence-electron chi connectivity index (χ4n) is 2.66. The second kappa shape index (κ2) is 6.61. The summed E-state index contributed by atoms with van der Waals surface area (Å²) in [7, 11) is 0. The van der Waals surface area contributed by atoms with E-state index in [-0.39, 0.29) is 17.9 Å². The number of aliphatic hydroxyl groups excluding tert-OH is 3. The Morgan fingerprint density at radius 1 is 1.36 bits per heavy atom. The van der Waals surface area contributed by atoms with Crippen molar-refractivity contribution in [3.63, 3.8) is 0 Å². The highest BCUT2D eigenvalue weighted by molar-refractivity contribution is 5.94. The zero-order chi connectivity index (χ0) is 16.4. The van der Waals surface area contributed by atoms with Crippen LogP contribution < -0.4 is 10.6 Å². The third-order valence-corrected chi connectivity index (χ3v) is 3.71. The standard InChI is InChI=1S/C13H20N2O7/c1-3-21-12(19)7-5(2)14-13(20)15-8(7)11-10(18)9(17)6(4-16)22-11/h6,8-11,16-18H,3-4H2,1-2H3,(H2,14,15,20)/t6-,8?,9-,10-,11+/m1/s1. The molecule has 22 heavy (non-hydrogen) atoms. The summed E-state index contributed by atoms with van der Waals surface area (Å²) in [6, 6.07) is -1.55. The van der Waals surface area contributed by atoms with Gasteiger partial charge in [-0.15, -0.1) is 0 Å². The van der Waals surface area contributed by atoms with Crippen molar-refractivity contribution < 1.29 is 34.4 Å². The second-order valence-electron chi connectivity index (χ2n) is 5.14. The Morgan fingerprint density at radius 2 is 2.05 bits per heavy atom. The number of nitrogens with one attached hydrogen (secondary N) is 2. The van der Waals surface area contributed by atoms with E-state index < -0.39 is 49.1 Å². The first-order valence-electron chi connectivity index (χ1n) is 6.98. The Labute approximate surface area is 126 Å². The number of aliphatic hydroxyl groups is 3. The molecule has 2 amide bonds. The van der Waals surface area contributed by atoms with Crippen molar-refractivity contribution in [1.82, 2.24) is 10.6 Å². The summed E-state index contributed by atoms with van der Waals surface area (Å²) in [5.41, 5.74) is 0.390. The molecule has 1 unspecified atom stereocenters. The summed E-state index contributed by atoms with van der Waals surface area (Å²) in [4.78, 5) is 23.7. The van der Waals surface area contributed by atoms with Gasteiger partial charge in [-0.2, -0.15) is 0 Å². The molecule has 2 rings (SSSR count). The smallest absolute Gasteiger partial charge is 0.337 e. The lowest BCUT2D eigenvalue weighted by molar-refractivity contribution is -0.139. The second-order valence-corrected chi connectivity index (χ2v) is 5.14. The van der Waals surface area contributed by atoms with Crippen LogP contribution in [0.3, 0.4) is 0 Å². The minimum absolute atomic E-state index is 0.108. The molecule has 5 N–H and O–H groups in total. The van der Waals surface area contributed by atoms with E-state index in [4.69, 9.17) is 14.6 Å². The zero-order valence-corrected chi connectivity index (χ0v) is 12.3. The van der Waals surface area contributed by atoms with Gasteiger partial charge in [-0.25, -0.2) is 9.59 Å². The third kappa shape index (κ3) is 2.93. The van der Waals surface area contributed by atoms with E-state index in [1.807, 2.05) is 0 Å². The van der Waals surface area contributed by atoms with Crippen LogP contribution in [0, 0.1) is 0 Å². The number of amides is 2. The summed E-state index contributed by atoms with van der Waals surface area (Å²) >= 11 is 0. The minimum Gasteiger partial charge on any atom is -0.463 e. The Morgan fingerprint density at radius 3 is 2.59 bits per heavy atom. The maximum atomic E-state index is 12.1. The summed E-state index contributed by atoms with van der Waals surface area (Å²) in [6.45, 7) is 2.82. The van der Waals surface area contributed by atoms with Crippen molar-refractivity contribution in [1.29, 1.82) is 0 Å².